The zero-order valence-electron chi connectivity index (χ0n) is 18.8. The fourth-order valence-corrected chi connectivity index (χ4v) is 4.17. The number of nitrogens with one attached hydrogen (secondary N) is 1. The minimum atomic E-state index is -4.85. The van der Waals surface area contributed by atoms with Crippen LogP contribution < -0.4 is 5.32 Å². The normalized spacial score (nSPS) is 17.3. The first kappa shape index (κ1) is 25.4. The van der Waals surface area contributed by atoms with Gasteiger partial charge in [0.1, 0.15) is 23.5 Å². The summed E-state index contributed by atoms with van der Waals surface area (Å²) in [5, 5.41) is 12.1. The zero-order valence-corrected chi connectivity index (χ0v) is 18.8. The van der Waals surface area contributed by atoms with Crippen LogP contribution in [0.15, 0.2) is 12.1 Å². The van der Waals surface area contributed by atoms with Gasteiger partial charge in [-0.3, -0.25) is 14.0 Å². The van der Waals surface area contributed by atoms with E-state index in [2.05, 4.69) is 10.3 Å². The van der Waals surface area contributed by atoms with Crippen molar-refractivity contribution in [3.8, 4) is 6.07 Å². The van der Waals surface area contributed by atoms with Crippen molar-refractivity contribution in [3.63, 3.8) is 0 Å². The molecule has 184 valence electrons. The van der Waals surface area contributed by atoms with Crippen molar-refractivity contribution in [2.75, 3.05) is 14.1 Å². The number of rotatable bonds is 5. The lowest BCUT2D eigenvalue weighted by atomic mass is 9.83. The molecule has 1 fully saturated rings. The first-order valence-electron chi connectivity index (χ1n) is 10.7. The molecule has 0 spiro atoms. The van der Waals surface area contributed by atoms with Crippen molar-refractivity contribution in [1.82, 2.24) is 19.6 Å². The van der Waals surface area contributed by atoms with Crippen LogP contribution in [-0.4, -0.2) is 52.2 Å². The number of carbonyl (C=O) groups excluding carboxylic acids is 2. The first-order valence-corrected chi connectivity index (χ1v) is 10.7. The van der Waals surface area contributed by atoms with E-state index in [9.17, 15) is 36.8 Å². The highest BCUT2D eigenvalue weighted by molar-refractivity contribution is 5.98. The summed E-state index contributed by atoms with van der Waals surface area (Å²) < 4.78 is 69.4. The third-order valence-corrected chi connectivity index (χ3v) is 5.94. The molecule has 1 aliphatic rings. The fourth-order valence-electron chi connectivity index (χ4n) is 4.17. The van der Waals surface area contributed by atoms with Gasteiger partial charge in [-0.25, -0.2) is 13.8 Å². The second kappa shape index (κ2) is 9.19. The Kier molecular flexibility index (Phi) is 6.87. The Bertz CT molecular complexity index is 1140. The molecular weight excluding hydrogens is 461 g/mol. The number of nitrogens with zero attached hydrogens (tertiary/aromatic N) is 4. The number of amides is 2. The number of alkyl halides is 5. The largest absolute Gasteiger partial charge is 0.435 e. The quantitative estimate of drug-likeness (QED) is 0.653. The lowest BCUT2D eigenvalue weighted by Gasteiger charge is -2.28. The summed E-state index contributed by atoms with van der Waals surface area (Å²) in [6.45, 7) is 1.45. The third-order valence-electron chi connectivity index (χ3n) is 5.94. The summed E-state index contributed by atoms with van der Waals surface area (Å²) in [6.07, 6.45) is -5.73. The molecule has 0 saturated heterocycles. The molecule has 0 aliphatic heterocycles. The molecule has 0 radical (unpaired) electrons. The number of carbonyl (C=O) groups is 2. The number of imidazole rings is 1. The molecule has 0 bridgehead atoms. The monoisotopic (exact) mass is 485 g/mol. The van der Waals surface area contributed by atoms with Crippen molar-refractivity contribution in [1.29, 1.82) is 5.26 Å². The predicted molar refractivity (Wildman–Crippen MR) is 111 cm³/mol. The van der Waals surface area contributed by atoms with E-state index in [1.807, 2.05) is 0 Å². The lowest BCUT2D eigenvalue weighted by Crippen LogP contribution is -2.44. The van der Waals surface area contributed by atoms with E-state index in [0.717, 1.165) is 16.5 Å². The van der Waals surface area contributed by atoms with Crippen LogP contribution in [0.2, 0.25) is 0 Å². The Hall–Kier alpha value is -3.23. The molecule has 7 nitrogen and oxygen atoms in total. The molecule has 34 heavy (non-hydrogen) atoms. The Labute approximate surface area is 192 Å². The summed E-state index contributed by atoms with van der Waals surface area (Å²) >= 11 is 0. The average Bonchev–Trinajstić information content (AvgIpc) is 3.12. The van der Waals surface area contributed by atoms with Crippen molar-refractivity contribution >= 4 is 17.5 Å². The van der Waals surface area contributed by atoms with Gasteiger partial charge in [-0.15, -0.1) is 0 Å². The summed E-state index contributed by atoms with van der Waals surface area (Å²) in [7, 11) is 3.01. The second-order valence-electron chi connectivity index (χ2n) is 8.77. The molecule has 1 N–H and O–H groups in total. The smallest absolute Gasteiger partial charge is 0.347 e. The third kappa shape index (κ3) is 5.29. The highest BCUT2D eigenvalue weighted by atomic mass is 19.4. The first-order chi connectivity index (χ1) is 15.7. The minimum Gasteiger partial charge on any atom is -0.347 e. The van der Waals surface area contributed by atoms with Crippen LogP contribution in [0.1, 0.15) is 60.0 Å². The van der Waals surface area contributed by atoms with E-state index in [0.29, 0.717) is 0 Å². The van der Waals surface area contributed by atoms with Gasteiger partial charge < -0.3 is 10.2 Å². The molecule has 1 aliphatic carbocycles. The van der Waals surface area contributed by atoms with Crippen LogP contribution in [0.5, 0.6) is 0 Å². The molecule has 2 heterocycles. The van der Waals surface area contributed by atoms with Crippen molar-refractivity contribution in [2.45, 2.75) is 57.2 Å². The van der Waals surface area contributed by atoms with Crippen molar-refractivity contribution in [3.05, 3.63) is 34.8 Å². The number of likely N-dealkylation sites (N-methyl/N-ethyl adjacent to an activating group) is 1. The van der Waals surface area contributed by atoms with Crippen LogP contribution in [-0.2, 0) is 17.4 Å². The number of pyridine rings is 1. The van der Waals surface area contributed by atoms with Crippen LogP contribution >= 0.6 is 0 Å². The van der Waals surface area contributed by atoms with Crippen LogP contribution in [0.4, 0.5) is 22.0 Å². The molecular formula is C22H24F5N5O2. The number of nitriles is 1. The van der Waals surface area contributed by atoms with E-state index in [1.165, 1.54) is 25.9 Å². The van der Waals surface area contributed by atoms with Crippen LogP contribution in [0.25, 0.3) is 5.65 Å². The van der Waals surface area contributed by atoms with E-state index in [4.69, 9.17) is 0 Å². The van der Waals surface area contributed by atoms with Crippen molar-refractivity contribution < 1.29 is 31.5 Å². The molecule has 1 saturated carbocycles. The Morgan fingerprint density at radius 1 is 1.29 bits per heavy atom. The van der Waals surface area contributed by atoms with Crippen LogP contribution in [0.3, 0.4) is 0 Å². The Morgan fingerprint density at radius 3 is 2.44 bits per heavy atom. The molecule has 2 amide bonds. The number of hydrogen-bond acceptors (Lipinski definition) is 4. The number of hydrogen-bond donors (Lipinski definition) is 1. The maximum atomic E-state index is 13.8. The Morgan fingerprint density at radius 2 is 1.91 bits per heavy atom. The van der Waals surface area contributed by atoms with Gasteiger partial charge in [-0.05, 0) is 44.2 Å². The second-order valence-corrected chi connectivity index (χ2v) is 8.77. The zero-order chi connectivity index (χ0) is 25.4. The standard InChI is InChI=1S/C22H24F5N5O2/c1-12(20(34)31(2)3)29-19(33)14-9-15(11-28)32-16(8-13-4-6-21(23,24)7-5-13)18(22(25,26)27)30-17(32)10-14/h9-10,12-13H,4-8H2,1-3H3,(H,29,33). The maximum Gasteiger partial charge on any atom is 0.435 e. The predicted octanol–water partition coefficient (Wildman–Crippen LogP) is 3.80. The SMILES string of the molecule is CC(NC(=O)c1cc(C#N)n2c(CC3CCC(F)(F)CC3)c(C(F)(F)F)nc2c1)C(=O)N(C)C. The average molecular weight is 485 g/mol. The number of fused-ring (bicyclic) bond motifs is 1. The van der Waals surface area contributed by atoms with Crippen LogP contribution in [0, 0.1) is 17.2 Å². The maximum absolute atomic E-state index is 13.8. The summed E-state index contributed by atoms with van der Waals surface area (Å²) in [6, 6.07) is 3.12. The fraction of sp³-hybridized carbons (Fsp3) is 0.545. The van der Waals surface area contributed by atoms with Gasteiger partial charge in [0.05, 0.1) is 5.69 Å². The van der Waals surface area contributed by atoms with Gasteiger partial charge in [0.25, 0.3) is 5.91 Å². The number of halogens is 5. The molecule has 0 aromatic carbocycles. The topological polar surface area (TPSA) is 90.5 Å². The van der Waals surface area contributed by atoms with Gasteiger partial charge in [-0.1, -0.05) is 0 Å². The number of aromatic nitrogens is 2. The lowest BCUT2D eigenvalue weighted by molar-refractivity contribution is -0.141. The van der Waals surface area contributed by atoms with E-state index in [1.54, 1.807) is 6.07 Å². The van der Waals surface area contributed by atoms with E-state index < -0.39 is 54.4 Å². The van der Waals surface area contributed by atoms with E-state index >= 15 is 0 Å². The molecule has 2 aromatic heterocycles. The highest BCUT2D eigenvalue weighted by Crippen LogP contribution is 2.40. The molecule has 3 rings (SSSR count). The summed E-state index contributed by atoms with van der Waals surface area (Å²) in [5.41, 5.74) is -2.16. The van der Waals surface area contributed by atoms with Gasteiger partial charge in [0.15, 0.2) is 5.69 Å². The van der Waals surface area contributed by atoms with Gasteiger partial charge >= 0.3 is 6.18 Å². The highest BCUT2D eigenvalue weighted by Gasteiger charge is 2.41. The Balaban J connectivity index is 2.02. The molecule has 12 heteroatoms. The van der Waals surface area contributed by atoms with Crippen molar-refractivity contribution in [2.24, 2.45) is 5.92 Å². The molecule has 1 atom stereocenters. The molecule has 1 unspecified atom stereocenters. The minimum absolute atomic E-state index is 0.0533. The summed E-state index contributed by atoms with van der Waals surface area (Å²) in [4.78, 5) is 29.6. The van der Waals surface area contributed by atoms with Gasteiger partial charge in [-0.2, -0.15) is 18.4 Å². The van der Waals surface area contributed by atoms with E-state index in [-0.39, 0.29) is 41.9 Å². The molecule has 2 aromatic rings. The van der Waals surface area contributed by atoms with Gasteiger partial charge in [0, 0.05) is 32.5 Å². The van der Waals surface area contributed by atoms with Gasteiger partial charge in [0.2, 0.25) is 11.8 Å². The summed E-state index contributed by atoms with van der Waals surface area (Å²) in [5.74, 6) is -4.40.